The van der Waals surface area contributed by atoms with Crippen LogP contribution in [0.4, 0.5) is 4.79 Å². The minimum absolute atomic E-state index is 0.168. The molecule has 3 aromatic carbocycles. The minimum Gasteiger partial charge on any atom is -0.489 e. The van der Waals surface area contributed by atoms with E-state index in [-0.39, 0.29) is 12.5 Å². The molecule has 3 aromatic rings. The van der Waals surface area contributed by atoms with Crippen molar-refractivity contribution in [3.05, 3.63) is 82.8 Å². The number of carbonyl (C=O) groups is 3. The number of likely N-dealkylation sites (tertiary alicyclic amines) is 1. The van der Waals surface area contributed by atoms with Gasteiger partial charge in [0.25, 0.3) is 11.1 Å². The molecule has 36 heavy (non-hydrogen) atoms. The number of thioether (sulfide) groups is 1. The van der Waals surface area contributed by atoms with E-state index in [1.54, 1.807) is 11.0 Å². The second-order valence-electron chi connectivity index (χ2n) is 9.37. The third-order valence-corrected chi connectivity index (χ3v) is 7.61. The number of fused-ring (bicyclic) bond motifs is 1. The number of ether oxygens (including phenoxy) is 1. The molecule has 0 aromatic heterocycles. The number of rotatable bonds is 6. The zero-order valence-electron chi connectivity index (χ0n) is 20.2. The van der Waals surface area contributed by atoms with Crippen molar-refractivity contribution in [1.29, 1.82) is 0 Å². The standard InChI is InChI=1S/C29H28N2O4S/c1-20-12-14-30(15-13-20)27(32)18-31-28(33)26(36-29(31)34)17-21-7-10-25(11-8-21)35-19-22-6-9-23-4-2-3-5-24(23)16-22/h2-11,16-17,20H,12-15,18-19H2,1H3/b26-17-. The zero-order chi connectivity index (χ0) is 25.1. The Morgan fingerprint density at radius 1 is 1.00 bits per heavy atom. The third-order valence-electron chi connectivity index (χ3n) is 6.70. The van der Waals surface area contributed by atoms with Gasteiger partial charge >= 0.3 is 0 Å². The highest BCUT2D eigenvalue weighted by Crippen LogP contribution is 2.32. The Bertz CT molecular complexity index is 1330. The molecule has 0 bridgehead atoms. The first-order chi connectivity index (χ1) is 17.5. The van der Waals surface area contributed by atoms with E-state index >= 15 is 0 Å². The second kappa shape index (κ2) is 10.6. The summed E-state index contributed by atoms with van der Waals surface area (Å²) in [5.74, 6) is 0.734. The predicted octanol–water partition coefficient (Wildman–Crippen LogP) is 5.71. The van der Waals surface area contributed by atoms with Crippen LogP contribution >= 0.6 is 11.8 Å². The molecule has 7 heteroatoms. The van der Waals surface area contributed by atoms with Crippen LogP contribution in [0, 0.1) is 5.92 Å². The maximum atomic E-state index is 12.8. The van der Waals surface area contributed by atoms with Gasteiger partial charge in [-0.2, -0.15) is 0 Å². The number of amides is 3. The van der Waals surface area contributed by atoms with Crippen LogP contribution in [0.1, 0.15) is 30.9 Å². The molecular formula is C29H28N2O4S. The molecule has 0 N–H and O–H groups in total. The van der Waals surface area contributed by atoms with Gasteiger partial charge in [-0.3, -0.25) is 19.3 Å². The summed E-state index contributed by atoms with van der Waals surface area (Å²) in [6, 6.07) is 21.9. The van der Waals surface area contributed by atoms with Crippen LogP contribution in [0.25, 0.3) is 16.8 Å². The average molecular weight is 501 g/mol. The Labute approximate surface area is 214 Å². The summed E-state index contributed by atoms with van der Waals surface area (Å²) in [5.41, 5.74) is 1.87. The van der Waals surface area contributed by atoms with Crippen molar-refractivity contribution in [2.75, 3.05) is 19.6 Å². The van der Waals surface area contributed by atoms with Gasteiger partial charge in [-0.05, 0) is 76.7 Å². The molecule has 5 rings (SSSR count). The summed E-state index contributed by atoms with van der Waals surface area (Å²) in [5, 5.41) is 1.97. The van der Waals surface area contributed by atoms with E-state index < -0.39 is 11.1 Å². The Hall–Kier alpha value is -3.58. The molecule has 0 spiro atoms. The first kappa shape index (κ1) is 24.1. The molecule has 0 saturated carbocycles. The summed E-state index contributed by atoms with van der Waals surface area (Å²) in [7, 11) is 0. The van der Waals surface area contributed by atoms with Gasteiger partial charge in [-0.1, -0.05) is 55.5 Å². The fraction of sp³-hybridized carbons (Fsp3) is 0.276. The predicted molar refractivity (Wildman–Crippen MR) is 142 cm³/mol. The van der Waals surface area contributed by atoms with Gasteiger partial charge in [-0.25, -0.2) is 0 Å². The highest BCUT2D eigenvalue weighted by atomic mass is 32.2. The largest absolute Gasteiger partial charge is 0.489 e. The van der Waals surface area contributed by atoms with Crippen molar-refractivity contribution in [3.63, 3.8) is 0 Å². The monoisotopic (exact) mass is 500 g/mol. The molecule has 6 nitrogen and oxygen atoms in total. The Kier molecular flexibility index (Phi) is 7.09. The maximum Gasteiger partial charge on any atom is 0.294 e. The molecule has 184 valence electrons. The smallest absolute Gasteiger partial charge is 0.294 e. The van der Waals surface area contributed by atoms with Crippen molar-refractivity contribution >= 4 is 45.7 Å². The van der Waals surface area contributed by atoms with E-state index in [4.69, 9.17) is 4.74 Å². The quantitative estimate of drug-likeness (QED) is 0.406. The fourth-order valence-electron chi connectivity index (χ4n) is 4.44. The normalized spacial score (nSPS) is 17.9. The van der Waals surface area contributed by atoms with Gasteiger partial charge in [0.15, 0.2) is 0 Å². The van der Waals surface area contributed by atoms with Crippen LogP contribution in [0.3, 0.4) is 0 Å². The summed E-state index contributed by atoms with van der Waals surface area (Å²) < 4.78 is 5.93. The zero-order valence-corrected chi connectivity index (χ0v) is 21.0. The molecule has 2 aliphatic rings. The highest BCUT2D eigenvalue weighted by molar-refractivity contribution is 8.18. The van der Waals surface area contributed by atoms with Crippen molar-refractivity contribution in [3.8, 4) is 5.75 Å². The third kappa shape index (κ3) is 5.46. The molecule has 2 fully saturated rings. The van der Waals surface area contributed by atoms with Crippen LogP contribution < -0.4 is 4.74 Å². The number of imide groups is 1. The molecule has 0 unspecified atom stereocenters. The van der Waals surface area contributed by atoms with Crippen molar-refractivity contribution in [1.82, 2.24) is 9.80 Å². The van der Waals surface area contributed by atoms with Gasteiger partial charge in [0.1, 0.15) is 18.9 Å². The van der Waals surface area contributed by atoms with Gasteiger partial charge in [0.2, 0.25) is 5.91 Å². The lowest BCUT2D eigenvalue weighted by molar-refractivity contribution is -0.136. The topological polar surface area (TPSA) is 66.9 Å². The van der Waals surface area contributed by atoms with Crippen molar-refractivity contribution in [2.45, 2.75) is 26.4 Å². The number of hydrogen-bond acceptors (Lipinski definition) is 5. The summed E-state index contributed by atoms with van der Waals surface area (Å²) in [6.45, 7) is 3.79. The molecular weight excluding hydrogens is 472 g/mol. The van der Waals surface area contributed by atoms with Crippen molar-refractivity contribution < 1.29 is 19.1 Å². The molecule has 2 heterocycles. The number of hydrogen-bond donors (Lipinski definition) is 0. The summed E-state index contributed by atoms with van der Waals surface area (Å²) >= 11 is 0.875. The molecule has 0 aliphatic carbocycles. The summed E-state index contributed by atoms with van der Waals surface area (Å²) in [4.78, 5) is 41.0. The lowest BCUT2D eigenvalue weighted by Gasteiger charge is -2.31. The van der Waals surface area contributed by atoms with Crippen LogP contribution in [0.2, 0.25) is 0 Å². The van der Waals surface area contributed by atoms with E-state index in [1.807, 2.05) is 36.4 Å². The number of benzene rings is 3. The first-order valence-corrected chi connectivity index (χ1v) is 13.0. The lowest BCUT2D eigenvalue weighted by Crippen LogP contribution is -2.45. The molecule has 3 amide bonds. The SMILES string of the molecule is CC1CCN(C(=O)CN2C(=O)S/C(=C\c3ccc(OCc4ccc5ccccc5c4)cc3)C2=O)CC1. The van der Waals surface area contributed by atoms with E-state index in [9.17, 15) is 14.4 Å². The van der Waals surface area contributed by atoms with Crippen LogP contribution in [0.15, 0.2) is 71.6 Å². The Balaban J connectivity index is 1.18. The highest BCUT2D eigenvalue weighted by Gasteiger charge is 2.37. The fourth-order valence-corrected chi connectivity index (χ4v) is 5.27. The van der Waals surface area contributed by atoms with Crippen LogP contribution in [0.5, 0.6) is 5.75 Å². The van der Waals surface area contributed by atoms with Gasteiger partial charge in [-0.15, -0.1) is 0 Å². The number of carbonyl (C=O) groups excluding carboxylic acids is 3. The van der Waals surface area contributed by atoms with Gasteiger partial charge in [0, 0.05) is 13.1 Å². The van der Waals surface area contributed by atoms with Gasteiger partial charge in [0.05, 0.1) is 4.91 Å². The first-order valence-electron chi connectivity index (χ1n) is 12.2. The molecule has 2 saturated heterocycles. The molecule has 2 aliphatic heterocycles. The van der Waals surface area contributed by atoms with E-state index in [0.29, 0.717) is 30.5 Å². The molecule has 0 radical (unpaired) electrons. The van der Waals surface area contributed by atoms with E-state index in [1.165, 1.54) is 10.8 Å². The van der Waals surface area contributed by atoms with E-state index in [0.717, 1.165) is 46.4 Å². The molecule has 0 atom stereocenters. The number of piperidine rings is 1. The van der Waals surface area contributed by atoms with Crippen LogP contribution in [-0.2, 0) is 16.2 Å². The van der Waals surface area contributed by atoms with Crippen molar-refractivity contribution in [2.24, 2.45) is 5.92 Å². The Morgan fingerprint density at radius 3 is 2.47 bits per heavy atom. The van der Waals surface area contributed by atoms with E-state index in [2.05, 4.69) is 37.3 Å². The second-order valence-corrected chi connectivity index (χ2v) is 10.4. The van der Waals surface area contributed by atoms with Gasteiger partial charge < -0.3 is 9.64 Å². The average Bonchev–Trinajstić information content (AvgIpc) is 3.15. The lowest BCUT2D eigenvalue weighted by atomic mass is 9.99. The van der Waals surface area contributed by atoms with Crippen LogP contribution in [-0.4, -0.2) is 46.5 Å². The Morgan fingerprint density at radius 2 is 1.72 bits per heavy atom. The summed E-state index contributed by atoms with van der Waals surface area (Å²) in [6.07, 6.45) is 3.59. The maximum absolute atomic E-state index is 12.8. The number of nitrogens with zero attached hydrogens (tertiary/aromatic N) is 2. The minimum atomic E-state index is -0.416.